The highest BCUT2D eigenvalue weighted by molar-refractivity contribution is 7.15. The SMILES string of the molecule is CCN(c1nc2c(s1)C(NC)CC(C)(C)C2)C(C)C. The van der Waals surface area contributed by atoms with E-state index in [-0.39, 0.29) is 0 Å². The molecule has 0 spiro atoms. The lowest BCUT2D eigenvalue weighted by Gasteiger charge is -2.34. The number of hydrogen-bond donors (Lipinski definition) is 1. The number of hydrogen-bond acceptors (Lipinski definition) is 4. The second-order valence-electron chi connectivity index (χ2n) is 6.57. The van der Waals surface area contributed by atoms with Gasteiger partial charge in [-0.3, -0.25) is 0 Å². The zero-order valence-electron chi connectivity index (χ0n) is 13.1. The van der Waals surface area contributed by atoms with Crippen molar-refractivity contribution in [3.8, 4) is 0 Å². The first-order valence-electron chi connectivity index (χ1n) is 7.31. The maximum absolute atomic E-state index is 4.94. The van der Waals surface area contributed by atoms with Gasteiger partial charge < -0.3 is 10.2 Å². The van der Waals surface area contributed by atoms with Crippen LogP contribution in [0.5, 0.6) is 0 Å². The molecule has 1 aliphatic carbocycles. The predicted octanol–water partition coefficient (Wildman–Crippen LogP) is 3.61. The molecule has 2 rings (SSSR count). The summed E-state index contributed by atoms with van der Waals surface area (Å²) in [7, 11) is 2.06. The van der Waals surface area contributed by atoms with Crippen molar-refractivity contribution in [1.29, 1.82) is 0 Å². The second-order valence-corrected chi connectivity index (χ2v) is 7.58. The number of thiazole rings is 1. The largest absolute Gasteiger partial charge is 0.346 e. The standard InChI is InChI=1S/C15H27N3S/c1-7-18(10(2)3)14-17-12-9-15(4,5)8-11(16-6)13(12)19-14/h10-11,16H,7-9H2,1-6H3. The third-order valence-electron chi connectivity index (χ3n) is 3.99. The van der Waals surface area contributed by atoms with Crippen molar-refractivity contribution in [3.63, 3.8) is 0 Å². The third kappa shape index (κ3) is 2.95. The van der Waals surface area contributed by atoms with Gasteiger partial charge in [-0.05, 0) is 46.1 Å². The molecule has 0 saturated carbocycles. The fraction of sp³-hybridized carbons (Fsp3) is 0.800. The summed E-state index contributed by atoms with van der Waals surface area (Å²) >= 11 is 1.88. The molecule has 3 nitrogen and oxygen atoms in total. The predicted molar refractivity (Wildman–Crippen MR) is 84.2 cm³/mol. The van der Waals surface area contributed by atoms with Gasteiger partial charge in [0.2, 0.25) is 0 Å². The fourth-order valence-electron chi connectivity index (χ4n) is 3.00. The number of nitrogens with one attached hydrogen (secondary N) is 1. The van der Waals surface area contributed by atoms with Crippen LogP contribution in [0, 0.1) is 5.41 Å². The minimum atomic E-state index is 0.348. The first kappa shape index (κ1) is 14.8. The van der Waals surface area contributed by atoms with Gasteiger partial charge in [0.1, 0.15) is 0 Å². The van der Waals surface area contributed by atoms with Crippen LogP contribution in [-0.4, -0.2) is 24.6 Å². The van der Waals surface area contributed by atoms with E-state index in [2.05, 4.69) is 51.9 Å². The number of rotatable bonds is 4. The van der Waals surface area contributed by atoms with Gasteiger partial charge in [0.15, 0.2) is 5.13 Å². The zero-order valence-corrected chi connectivity index (χ0v) is 13.9. The van der Waals surface area contributed by atoms with Crippen molar-refractivity contribution in [2.24, 2.45) is 5.41 Å². The molecule has 1 aliphatic rings. The molecule has 108 valence electrons. The Morgan fingerprint density at radius 2 is 2.16 bits per heavy atom. The average Bonchev–Trinajstić information content (AvgIpc) is 2.70. The normalized spacial score (nSPS) is 21.5. The number of anilines is 1. The molecule has 0 aliphatic heterocycles. The lowest BCUT2D eigenvalue weighted by Crippen LogP contribution is -2.31. The van der Waals surface area contributed by atoms with E-state index in [1.165, 1.54) is 22.1 Å². The molecule has 1 atom stereocenters. The molecule has 0 radical (unpaired) electrons. The van der Waals surface area contributed by atoms with Gasteiger partial charge in [0.25, 0.3) is 0 Å². The Hall–Kier alpha value is -0.610. The summed E-state index contributed by atoms with van der Waals surface area (Å²) in [5.74, 6) is 0. The molecule has 0 fully saturated rings. The quantitative estimate of drug-likeness (QED) is 0.914. The van der Waals surface area contributed by atoms with Gasteiger partial charge in [0.05, 0.1) is 5.69 Å². The van der Waals surface area contributed by atoms with Gasteiger partial charge in [-0.1, -0.05) is 25.2 Å². The van der Waals surface area contributed by atoms with Crippen LogP contribution >= 0.6 is 11.3 Å². The van der Waals surface area contributed by atoms with Crippen molar-refractivity contribution < 1.29 is 0 Å². The molecule has 1 heterocycles. The monoisotopic (exact) mass is 281 g/mol. The third-order valence-corrected chi connectivity index (χ3v) is 5.24. The maximum atomic E-state index is 4.94. The molecule has 1 aromatic heterocycles. The molecule has 0 amide bonds. The van der Waals surface area contributed by atoms with Crippen LogP contribution in [0.4, 0.5) is 5.13 Å². The summed E-state index contributed by atoms with van der Waals surface area (Å²) < 4.78 is 0. The summed E-state index contributed by atoms with van der Waals surface area (Å²) in [6.07, 6.45) is 2.30. The summed E-state index contributed by atoms with van der Waals surface area (Å²) in [5, 5.41) is 4.66. The highest BCUT2D eigenvalue weighted by atomic mass is 32.1. The summed E-state index contributed by atoms with van der Waals surface area (Å²) in [6.45, 7) is 12.4. The Bertz CT molecular complexity index is 437. The lowest BCUT2D eigenvalue weighted by atomic mass is 9.76. The smallest absolute Gasteiger partial charge is 0.186 e. The Morgan fingerprint density at radius 3 is 2.68 bits per heavy atom. The molecule has 0 bridgehead atoms. The topological polar surface area (TPSA) is 28.2 Å². The lowest BCUT2D eigenvalue weighted by molar-refractivity contribution is 0.265. The Balaban J connectivity index is 2.36. The van der Waals surface area contributed by atoms with E-state index in [0.29, 0.717) is 17.5 Å². The molecular formula is C15H27N3S. The summed E-state index contributed by atoms with van der Waals surface area (Å²) in [6, 6.07) is 0.981. The van der Waals surface area contributed by atoms with Gasteiger partial charge in [-0.2, -0.15) is 0 Å². The average molecular weight is 281 g/mol. The van der Waals surface area contributed by atoms with Crippen molar-refractivity contribution in [1.82, 2.24) is 10.3 Å². The van der Waals surface area contributed by atoms with Crippen LogP contribution in [0.3, 0.4) is 0 Å². The zero-order chi connectivity index (χ0) is 14.2. The van der Waals surface area contributed by atoms with Crippen LogP contribution in [-0.2, 0) is 6.42 Å². The summed E-state index contributed by atoms with van der Waals surface area (Å²) in [4.78, 5) is 8.79. The van der Waals surface area contributed by atoms with E-state index in [1.54, 1.807) is 0 Å². The molecule has 19 heavy (non-hydrogen) atoms. The van der Waals surface area contributed by atoms with Gasteiger partial charge in [0, 0.05) is 23.5 Å². The van der Waals surface area contributed by atoms with Crippen LogP contribution in [0.15, 0.2) is 0 Å². The fourth-order valence-corrected chi connectivity index (χ4v) is 4.39. The first-order valence-corrected chi connectivity index (χ1v) is 8.13. The second kappa shape index (κ2) is 5.41. The minimum Gasteiger partial charge on any atom is -0.346 e. The van der Waals surface area contributed by atoms with E-state index < -0.39 is 0 Å². The Labute approximate surface area is 121 Å². The van der Waals surface area contributed by atoms with Crippen LogP contribution < -0.4 is 10.2 Å². The molecule has 1 N–H and O–H groups in total. The van der Waals surface area contributed by atoms with Crippen molar-refractivity contribution in [3.05, 3.63) is 10.6 Å². The first-order chi connectivity index (χ1) is 8.88. The highest BCUT2D eigenvalue weighted by Gasteiger charge is 2.35. The van der Waals surface area contributed by atoms with Crippen LogP contribution in [0.1, 0.15) is 57.7 Å². The molecular weight excluding hydrogens is 254 g/mol. The van der Waals surface area contributed by atoms with E-state index >= 15 is 0 Å². The molecule has 1 aromatic rings. The van der Waals surface area contributed by atoms with E-state index in [0.717, 1.165) is 13.0 Å². The van der Waals surface area contributed by atoms with Gasteiger partial charge in [-0.25, -0.2) is 4.98 Å². The molecule has 0 aromatic carbocycles. The van der Waals surface area contributed by atoms with Crippen LogP contribution in [0.2, 0.25) is 0 Å². The molecule has 4 heteroatoms. The van der Waals surface area contributed by atoms with E-state index in [4.69, 9.17) is 4.98 Å². The van der Waals surface area contributed by atoms with Crippen molar-refractivity contribution in [2.45, 2.75) is 59.5 Å². The van der Waals surface area contributed by atoms with E-state index in [1.807, 2.05) is 11.3 Å². The molecule has 0 saturated heterocycles. The number of aromatic nitrogens is 1. The number of fused-ring (bicyclic) bond motifs is 1. The summed E-state index contributed by atoms with van der Waals surface area (Å²) in [5.41, 5.74) is 1.66. The van der Waals surface area contributed by atoms with Crippen molar-refractivity contribution in [2.75, 3.05) is 18.5 Å². The number of nitrogens with zero attached hydrogens (tertiary/aromatic N) is 2. The maximum Gasteiger partial charge on any atom is 0.186 e. The highest BCUT2D eigenvalue weighted by Crippen LogP contribution is 2.44. The van der Waals surface area contributed by atoms with Gasteiger partial charge in [-0.15, -0.1) is 0 Å². The van der Waals surface area contributed by atoms with Gasteiger partial charge >= 0.3 is 0 Å². The molecule has 1 unspecified atom stereocenters. The van der Waals surface area contributed by atoms with Crippen molar-refractivity contribution >= 4 is 16.5 Å². The van der Waals surface area contributed by atoms with Crippen LogP contribution in [0.25, 0.3) is 0 Å². The van der Waals surface area contributed by atoms with E-state index in [9.17, 15) is 0 Å². The Kier molecular flexibility index (Phi) is 4.21. The Morgan fingerprint density at radius 1 is 1.47 bits per heavy atom. The minimum absolute atomic E-state index is 0.348.